The summed E-state index contributed by atoms with van der Waals surface area (Å²) in [6.07, 6.45) is -2.60. The number of halogens is 4. The molecule has 0 amide bonds. The number of anilines is 1. The Morgan fingerprint density at radius 2 is 2.06 bits per heavy atom. The maximum absolute atomic E-state index is 13.0. The Morgan fingerprint density at radius 3 is 2.67 bits per heavy atom. The summed E-state index contributed by atoms with van der Waals surface area (Å²) >= 11 is 2.13. The molecule has 6 heteroatoms. The lowest BCUT2D eigenvalue weighted by Crippen LogP contribution is -2.49. The van der Waals surface area contributed by atoms with Crippen LogP contribution in [0, 0.1) is 10.5 Å². The molecule has 1 aliphatic heterocycles. The smallest absolute Gasteiger partial charge is 0.345 e. The van der Waals surface area contributed by atoms with E-state index in [0.29, 0.717) is 18.8 Å². The standard InChI is InChI=1S/C12H14F3IN2/c1-8-9(16)5-6-11(17-8)18-7-3-2-4-10(18)12(13,14)15/h5-6,10H,2-4,7H2,1H3. The van der Waals surface area contributed by atoms with E-state index in [-0.39, 0.29) is 6.42 Å². The molecule has 1 atom stereocenters. The van der Waals surface area contributed by atoms with Gasteiger partial charge in [0.2, 0.25) is 0 Å². The van der Waals surface area contributed by atoms with Gasteiger partial charge in [0.05, 0.1) is 5.69 Å². The molecule has 1 aromatic heterocycles. The van der Waals surface area contributed by atoms with E-state index in [4.69, 9.17) is 0 Å². The number of aryl methyl sites for hydroxylation is 1. The number of nitrogens with zero attached hydrogens (tertiary/aromatic N) is 2. The van der Waals surface area contributed by atoms with Crippen molar-refractivity contribution in [3.63, 3.8) is 0 Å². The van der Waals surface area contributed by atoms with Gasteiger partial charge >= 0.3 is 6.18 Å². The first-order valence-corrected chi connectivity index (χ1v) is 6.94. The molecule has 1 unspecified atom stereocenters. The van der Waals surface area contributed by atoms with Crippen LogP contribution in [0.4, 0.5) is 19.0 Å². The second-order valence-corrected chi connectivity index (χ2v) is 5.65. The monoisotopic (exact) mass is 370 g/mol. The molecule has 0 aromatic carbocycles. The van der Waals surface area contributed by atoms with Gasteiger partial charge in [-0.2, -0.15) is 13.2 Å². The van der Waals surface area contributed by atoms with Gasteiger partial charge in [-0.25, -0.2) is 4.98 Å². The Morgan fingerprint density at radius 1 is 1.33 bits per heavy atom. The molecule has 0 bridgehead atoms. The van der Waals surface area contributed by atoms with Crippen molar-refractivity contribution in [3.05, 3.63) is 21.4 Å². The van der Waals surface area contributed by atoms with Gasteiger partial charge in [0.25, 0.3) is 0 Å². The van der Waals surface area contributed by atoms with Crippen molar-refractivity contribution in [2.24, 2.45) is 0 Å². The summed E-state index contributed by atoms with van der Waals surface area (Å²) in [4.78, 5) is 5.67. The first-order chi connectivity index (χ1) is 8.39. The van der Waals surface area contributed by atoms with E-state index in [9.17, 15) is 13.2 Å². The van der Waals surface area contributed by atoms with Crippen molar-refractivity contribution < 1.29 is 13.2 Å². The Bertz CT molecular complexity index is 434. The van der Waals surface area contributed by atoms with Crippen LogP contribution in [0.1, 0.15) is 25.0 Å². The average Bonchev–Trinajstić information content (AvgIpc) is 2.32. The first-order valence-electron chi connectivity index (χ1n) is 5.86. The van der Waals surface area contributed by atoms with Gasteiger partial charge in [-0.1, -0.05) is 0 Å². The molecule has 0 saturated carbocycles. The van der Waals surface area contributed by atoms with Crippen molar-refractivity contribution in [2.45, 2.75) is 38.4 Å². The Hall–Kier alpha value is -0.530. The third-order valence-electron chi connectivity index (χ3n) is 3.18. The lowest BCUT2D eigenvalue weighted by atomic mass is 10.0. The summed E-state index contributed by atoms with van der Waals surface area (Å²) in [6.45, 7) is 2.25. The molecule has 1 aromatic rings. The molecule has 1 fully saturated rings. The van der Waals surface area contributed by atoms with Crippen LogP contribution >= 0.6 is 22.6 Å². The second-order valence-electron chi connectivity index (χ2n) is 4.48. The van der Waals surface area contributed by atoms with E-state index in [2.05, 4.69) is 27.6 Å². The van der Waals surface area contributed by atoms with E-state index in [1.807, 2.05) is 13.0 Å². The topological polar surface area (TPSA) is 16.1 Å². The van der Waals surface area contributed by atoms with Gasteiger partial charge in [0.1, 0.15) is 11.9 Å². The van der Waals surface area contributed by atoms with Crippen molar-refractivity contribution in [1.82, 2.24) is 4.98 Å². The first kappa shape index (κ1) is 13.9. The quantitative estimate of drug-likeness (QED) is 0.697. The highest BCUT2D eigenvalue weighted by atomic mass is 127. The van der Waals surface area contributed by atoms with E-state index in [0.717, 1.165) is 15.7 Å². The fourth-order valence-corrected chi connectivity index (χ4v) is 2.54. The van der Waals surface area contributed by atoms with Crippen molar-refractivity contribution >= 4 is 28.4 Å². The minimum atomic E-state index is -4.18. The third-order valence-corrected chi connectivity index (χ3v) is 4.32. The van der Waals surface area contributed by atoms with Crippen LogP contribution in [-0.2, 0) is 0 Å². The van der Waals surface area contributed by atoms with Crippen LogP contribution in [0.15, 0.2) is 12.1 Å². The Kier molecular flexibility index (Phi) is 4.03. The number of pyridine rings is 1. The van der Waals surface area contributed by atoms with Crippen LogP contribution < -0.4 is 4.90 Å². The van der Waals surface area contributed by atoms with E-state index in [1.165, 1.54) is 4.90 Å². The molecule has 0 radical (unpaired) electrons. The zero-order chi connectivity index (χ0) is 13.3. The predicted octanol–water partition coefficient (Wildman–Crippen LogP) is 3.92. The maximum Gasteiger partial charge on any atom is 0.408 e. The highest BCUT2D eigenvalue weighted by Crippen LogP contribution is 2.34. The Labute approximate surface area is 118 Å². The molecule has 1 aliphatic rings. The molecule has 0 spiro atoms. The fraction of sp³-hybridized carbons (Fsp3) is 0.583. The van der Waals surface area contributed by atoms with Crippen molar-refractivity contribution in [2.75, 3.05) is 11.4 Å². The van der Waals surface area contributed by atoms with E-state index < -0.39 is 12.2 Å². The van der Waals surface area contributed by atoms with Gasteiger partial charge in [-0.3, -0.25) is 0 Å². The number of hydrogen-bond acceptors (Lipinski definition) is 2. The number of hydrogen-bond donors (Lipinski definition) is 0. The molecule has 100 valence electrons. The van der Waals surface area contributed by atoms with Gasteiger partial charge in [0, 0.05) is 10.1 Å². The average molecular weight is 370 g/mol. The zero-order valence-corrected chi connectivity index (χ0v) is 12.1. The fourth-order valence-electron chi connectivity index (χ4n) is 2.24. The van der Waals surface area contributed by atoms with E-state index >= 15 is 0 Å². The molecule has 2 rings (SSSR count). The lowest BCUT2D eigenvalue weighted by Gasteiger charge is -2.37. The van der Waals surface area contributed by atoms with Gasteiger partial charge in [-0.15, -0.1) is 0 Å². The zero-order valence-electron chi connectivity index (χ0n) is 9.97. The summed E-state index contributed by atoms with van der Waals surface area (Å²) in [5.74, 6) is 0.440. The van der Waals surface area contributed by atoms with Crippen molar-refractivity contribution in [3.8, 4) is 0 Å². The van der Waals surface area contributed by atoms with Gasteiger partial charge in [-0.05, 0) is 60.9 Å². The number of rotatable bonds is 1. The number of alkyl halides is 3. The highest BCUT2D eigenvalue weighted by molar-refractivity contribution is 14.1. The van der Waals surface area contributed by atoms with Gasteiger partial charge in [0.15, 0.2) is 0 Å². The predicted molar refractivity (Wildman–Crippen MR) is 72.7 cm³/mol. The molecular formula is C12H14F3IN2. The largest absolute Gasteiger partial charge is 0.408 e. The molecule has 0 aliphatic carbocycles. The molecule has 1 saturated heterocycles. The Balaban J connectivity index is 2.31. The number of piperidine rings is 1. The third kappa shape index (κ3) is 2.89. The maximum atomic E-state index is 13.0. The SMILES string of the molecule is Cc1nc(N2CCCCC2C(F)(F)F)ccc1I. The van der Waals surface area contributed by atoms with Crippen LogP contribution in [0.2, 0.25) is 0 Å². The summed E-state index contributed by atoms with van der Waals surface area (Å²) in [5, 5.41) is 0. The normalized spacial score (nSPS) is 21.2. The molecule has 2 heterocycles. The summed E-state index contributed by atoms with van der Waals surface area (Å²) in [7, 11) is 0. The van der Waals surface area contributed by atoms with Crippen LogP contribution in [0.25, 0.3) is 0 Å². The highest BCUT2D eigenvalue weighted by Gasteiger charge is 2.44. The second kappa shape index (κ2) is 5.22. The molecular weight excluding hydrogens is 356 g/mol. The van der Waals surface area contributed by atoms with Crippen LogP contribution in [-0.4, -0.2) is 23.7 Å². The summed E-state index contributed by atoms with van der Waals surface area (Å²) < 4.78 is 39.9. The number of aromatic nitrogens is 1. The molecule has 2 nitrogen and oxygen atoms in total. The van der Waals surface area contributed by atoms with Gasteiger partial charge < -0.3 is 4.90 Å². The minimum absolute atomic E-state index is 0.163. The van der Waals surface area contributed by atoms with Crippen molar-refractivity contribution in [1.29, 1.82) is 0 Å². The molecule has 0 N–H and O–H groups in total. The lowest BCUT2D eigenvalue weighted by molar-refractivity contribution is -0.152. The summed E-state index contributed by atoms with van der Waals surface area (Å²) in [6, 6.07) is 2.11. The molecule has 18 heavy (non-hydrogen) atoms. The van der Waals surface area contributed by atoms with E-state index in [1.54, 1.807) is 6.07 Å². The minimum Gasteiger partial charge on any atom is -0.345 e. The summed E-state index contributed by atoms with van der Waals surface area (Å²) in [5.41, 5.74) is 0.777. The van der Waals surface area contributed by atoms with Crippen LogP contribution in [0.3, 0.4) is 0 Å². The van der Waals surface area contributed by atoms with Crippen LogP contribution in [0.5, 0.6) is 0 Å².